The van der Waals surface area contributed by atoms with E-state index in [2.05, 4.69) is 11.9 Å². The van der Waals surface area contributed by atoms with Gasteiger partial charge in [0.05, 0.1) is 6.04 Å². The van der Waals surface area contributed by atoms with Gasteiger partial charge in [-0.1, -0.05) is 52.0 Å². The maximum absolute atomic E-state index is 13.7. The Labute approximate surface area is 195 Å². The van der Waals surface area contributed by atoms with Crippen molar-refractivity contribution in [3.8, 4) is 5.75 Å². The van der Waals surface area contributed by atoms with Crippen LogP contribution in [0.15, 0.2) is 55.1 Å². The predicted molar refractivity (Wildman–Crippen MR) is 127 cm³/mol. The highest BCUT2D eigenvalue weighted by atomic mass is 19.1. The second kappa shape index (κ2) is 10.2. The van der Waals surface area contributed by atoms with E-state index in [-0.39, 0.29) is 23.7 Å². The van der Waals surface area contributed by atoms with E-state index in [1.807, 2.05) is 50.8 Å². The smallest absolute Gasteiger partial charge is 0.261 e. The van der Waals surface area contributed by atoms with Crippen LogP contribution in [0.25, 0.3) is 0 Å². The van der Waals surface area contributed by atoms with E-state index >= 15 is 0 Å². The second-order valence-electron chi connectivity index (χ2n) is 9.36. The molecule has 0 aliphatic carbocycles. The van der Waals surface area contributed by atoms with Crippen molar-refractivity contribution in [3.05, 3.63) is 77.6 Å². The number of fused-ring (bicyclic) bond motifs is 1. The van der Waals surface area contributed by atoms with Crippen molar-refractivity contribution < 1.29 is 18.7 Å². The van der Waals surface area contributed by atoms with E-state index in [4.69, 9.17) is 4.74 Å². The van der Waals surface area contributed by atoms with Gasteiger partial charge in [-0.05, 0) is 53.8 Å². The third kappa shape index (κ3) is 5.62. The molecular formula is C27H33FN2O3. The van der Waals surface area contributed by atoms with E-state index < -0.39 is 11.5 Å². The molecule has 1 aliphatic rings. The Morgan fingerprint density at radius 1 is 1.24 bits per heavy atom. The number of carbonyl (C=O) groups is 2. The predicted octanol–water partition coefficient (Wildman–Crippen LogP) is 4.81. The molecule has 0 unspecified atom stereocenters. The molecule has 0 radical (unpaired) electrons. The molecule has 0 spiro atoms. The van der Waals surface area contributed by atoms with Crippen molar-refractivity contribution in [2.24, 2.45) is 5.41 Å². The molecular weight excluding hydrogens is 419 g/mol. The van der Waals surface area contributed by atoms with Gasteiger partial charge < -0.3 is 15.0 Å². The highest BCUT2D eigenvalue weighted by Gasteiger charge is 2.37. The van der Waals surface area contributed by atoms with Crippen LogP contribution >= 0.6 is 0 Å². The fraction of sp³-hybridized carbons (Fsp3) is 0.407. The van der Waals surface area contributed by atoms with Crippen LogP contribution in [-0.2, 0) is 16.0 Å². The maximum atomic E-state index is 13.7. The molecule has 1 N–H and O–H groups in total. The van der Waals surface area contributed by atoms with Crippen LogP contribution < -0.4 is 10.1 Å². The number of ether oxygens (including phenoxy) is 1. The minimum Gasteiger partial charge on any atom is -0.481 e. The van der Waals surface area contributed by atoms with Gasteiger partial charge in [-0.15, -0.1) is 6.58 Å². The molecule has 0 saturated heterocycles. The molecule has 2 aromatic carbocycles. The van der Waals surface area contributed by atoms with E-state index in [1.165, 1.54) is 12.1 Å². The normalized spacial score (nSPS) is 16.5. The number of rotatable bonds is 7. The van der Waals surface area contributed by atoms with Gasteiger partial charge in [0.2, 0.25) is 5.91 Å². The van der Waals surface area contributed by atoms with Crippen LogP contribution in [0, 0.1) is 11.2 Å². The lowest BCUT2D eigenvalue weighted by Gasteiger charge is -2.41. The summed E-state index contributed by atoms with van der Waals surface area (Å²) in [6, 6.07) is 11.7. The molecule has 2 amide bonds. The van der Waals surface area contributed by atoms with Crippen LogP contribution in [0.4, 0.5) is 4.39 Å². The zero-order chi connectivity index (χ0) is 24.2. The summed E-state index contributed by atoms with van der Waals surface area (Å²) >= 11 is 0. The molecule has 176 valence electrons. The first kappa shape index (κ1) is 24.5. The van der Waals surface area contributed by atoms with E-state index in [0.717, 1.165) is 16.7 Å². The number of nitrogens with one attached hydrogen (secondary N) is 1. The molecule has 1 heterocycles. The van der Waals surface area contributed by atoms with Crippen LogP contribution in [0.5, 0.6) is 5.75 Å². The molecule has 0 aromatic heterocycles. The lowest BCUT2D eigenvalue weighted by Crippen LogP contribution is -2.45. The van der Waals surface area contributed by atoms with Crippen LogP contribution in [0.2, 0.25) is 0 Å². The molecule has 0 bridgehead atoms. The van der Waals surface area contributed by atoms with E-state index in [0.29, 0.717) is 31.7 Å². The quantitative estimate of drug-likeness (QED) is 0.614. The summed E-state index contributed by atoms with van der Waals surface area (Å²) in [7, 11) is 0. The van der Waals surface area contributed by atoms with Gasteiger partial charge in [-0.3, -0.25) is 9.59 Å². The summed E-state index contributed by atoms with van der Waals surface area (Å²) in [5, 5.41) is 2.77. The minimum absolute atomic E-state index is 0.0315. The van der Waals surface area contributed by atoms with Crippen molar-refractivity contribution in [3.63, 3.8) is 0 Å². The van der Waals surface area contributed by atoms with Crippen molar-refractivity contribution in [2.45, 2.75) is 52.7 Å². The summed E-state index contributed by atoms with van der Waals surface area (Å²) in [4.78, 5) is 27.6. The monoisotopic (exact) mass is 452 g/mol. The Bertz CT molecular complexity index is 1010. The van der Waals surface area contributed by atoms with E-state index in [9.17, 15) is 14.0 Å². The number of nitrogens with zero attached hydrogens (tertiary/aromatic N) is 1. The Morgan fingerprint density at radius 3 is 2.55 bits per heavy atom. The average molecular weight is 453 g/mol. The topological polar surface area (TPSA) is 58.6 Å². The first-order chi connectivity index (χ1) is 15.7. The zero-order valence-corrected chi connectivity index (χ0v) is 19.9. The average Bonchev–Trinajstić information content (AvgIpc) is 2.79. The molecule has 1 aliphatic heterocycles. The van der Waals surface area contributed by atoms with Gasteiger partial charge in [0.25, 0.3) is 5.91 Å². The second-order valence-corrected chi connectivity index (χ2v) is 9.36. The Kier molecular flexibility index (Phi) is 7.57. The van der Waals surface area contributed by atoms with Gasteiger partial charge in [0.1, 0.15) is 11.6 Å². The van der Waals surface area contributed by atoms with Crippen molar-refractivity contribution >= 4 is 11.8 Å². The van der Waals surface area contributed by atoms with Crippen molar-refractivity contribution in [1.82, 2.24) is 10.2 Å². The number of amides is 2. The lowest BCUT2D eigenvalue weighted by atomic mass is 9.85. The summed E-state index contributed by atoms with van der Waals surface area (Å²) < 4.78 is 19.7. The van der Waals surface area contributed by atoms with E-state index in [1.54, 1.807) is 18.2 Å². The molecule has 0 fully saturated rings. The molecule has 0 saturated carbocycles. The SMILES string of the molecule is C=CCNC(=O)[C@@H](CC)Oc1ccc2c(c1)[C@@H](c1ccc(F)cc1)N(C(=O)C(C)(C)C)CC2. The molecule has 33 heavy (non-hydrogen) atoms. The third-order valence-electron chi connectivity index (χ3n) is 5.80. The van der Waals surface area contributed by atoms with Crippen LogP contribution in [-0.4, -0.2) is 35.9 Å². The number of carbonyl (C=O) groups excluding carboxylic acids is 2. The van der Waals surface area contributed by atoms with Gasteiger partial charge in [0, 0.05) is 18.5 Å². The van der Waals surface area contributed by atoms with Crippen molar-refractivity contribution in [1.29, 1.82) is 0 Å². The maximum Gasteiger partial charge on any atom is 0.261 e. The number of hydrogen-bond acceptors (Lipinski definition) is 3. The zero-order valence-electron chi connectivity index (χ0n) is 19.9. The standard InChI is InChI=1S/C27H33FN2O3/c1-6-15-29-25(31)23(7-2)33-21-13-10-18-14-16-30(26(32)27(3,4)5)24(22(18)17-21)19-8-11-20(28)12-9-19/h6,8-13,17,23-24H,1,7,14-16H2,2-5H3,(H,29,31)/t23-,24-/m1/s1. The Hall–Kier alpha value is -3.15. The molecule has 3 rings (SSSR count). The number of hydrogen-bond donors (Lipinski definition) is 1. The van der Waals surface area contributed by atoms with Gasteiger partial charge in [0.15, 0.2) is 6.10 Å². The Balaban J connectivity index is 2.00. The van der Waals surface area contributed by atoms with Crippen LogP contribution in [0.3, 0.4) is 0 Å². The minimum atomic E-state index is -0.636. The van der Waals surface area contributed by atoms with Gasteiger partial charge >= 0.3 is 0 Å². The fourth-order valence-corrected chi connectivity index (χ4v) is 4.09. The van der Waals surface area contributed by atoms with Gasteiger partial charge in [-0.25, -0.2) is 4.39 Å². The summed E-state index contributed by atoms with van der Waals surface area (Å²) in [5.41, 5.74) is 2.33. The number of benzene rings is 2. The molecule has 6 heteroatoms. The first-order valence-corrected chi connectivity index (χ1v) is 11.4. The summed E-state index contributed by atoms with van der Waals surface area (Å²) in [5.74, 6) is 0.0715. The Morgan fingerprint density at radius 2 is 1.94 bits per heavy atom. The molecule has 2 atom stereocenters. The molecule has 5 nitrogen and oxygen atoms in total. The summed E-state index contributed by atoms with van der Waals surface area (Å²) in [6.45, 7) is 12.2. The largest absolute Gasteiger partial charge is 0.481 e. The fourth-order valence-electron chi connectivity index (χ4n) is 4.09. The van der Waals surface area contributed by atoms with Gasteiger partial charge in [-0.2, -0.15) is 0 Å². The first-order valence-electron chi connectivity index (χ1n) is 11.4. The lowest BCUT2D eigenvalue weighted by molar-refractivity contribution is -0.141. The summed E-state index contributed by atoms with van der Waals surface area (Å²) in [6.07, 6.45) is 2.21. The van der Waals surface area contributed by atoms with Crippen molar-refractivity contribution in [2.75, 3.05) is 13.1 Å². The third-order valence-corrected chi connectivity index (χ3v) is 5.80. The van der Waals surface area contributed by atoms with Crippen LogP contribution in [0.1, 0.15) is 56.8 Å². The highest BCUT2D eigenvalue weighted by molar-refractivity contribution is 5.83. The number of halogens is 1. The highest BCUT2D eigenvalue weighted by Crippen LogP contribution is 2.39. The molecule has 2 aromatic rings.